The molecule has 0 aliphatic heterocycles. The molecule has 0 bridgehead atoms. The molecular weight excluding hydrogens is 264 g/mol. The summed E-state index contributed by atoms with van der Waals surface area (Å²) in [6, 6.07) is 4.21. The lowest BCUT2D eigenvalue weighted by Crippen LogP contribution is -2.52. The van der Waals surface area contributed by atoms with Gasteiger partial charge in [-0.15, -0.1) is 23.1 Å². The third-order valence-corrected chi connectivity index (χ3v) is 5.14. The predicted octanol–water partition coefficient (Wildman–Crippen LogP) is 2.86. The number of rotatable bonds is 9. The maximum absolute atomic E-state index is 11.4. The summed E-state index contributed by atoms with van der Waals surface area (Å²) in [4.78, 5) is 11.4. The Morgan fingerprint density at radius 3 is 2.89 bits per heavy atom. The van der Waals surface area contributed by atoms with Gasteiger partial charge in [-0.05, 0) is 43.5 Å². The second-order valence-corrected chi connectivity index (χ2v) is 6.81. The first-order chi connectivity index (χ1) is 8.58. The van der Waals surface area contributed by atoms with Crippen LogP contribution in [0.1, 0.15) is 33.1 Å². The Morgan fingerprint density at radius 1 is 1.56 bits per heavy atom. The number of nitrogens with two attached hydrogens (primary N) is 1. The Bertz CT molecular complexity index is 354. The number of nitrogens with one attached hydrogen (secondary N) is 1. The number of thioether (sulfide) groups is 1. The van der Waals surface area contributed by atoms with Gasteiger partial charge in [0.2, 0.25) is 5.91 Å². The minimum absolute atomic E-state index is 0.254. The number of amides is 1. The molecule has 0 saturated heterocycles. The van der Waals surface area contributed by atoms with Gasteiger partial charge in [0.25, 0.3) is 0 Å². The molecule has 1 aromatic rings. The van der Waals surface area contributed by atoms with Gasteiger partial charge in [-0.3, -0.25) is 4.79 Å². The highest BCUT2D eigenvalue weighted by molar-refractivity contribution is 8.01. The van der Waals surface area contributed by atoms with Crippen LogP contribution in [0.25, 0.3) is 0 Å². The van der Waals surface area contributed by atoms with Crippen molar-refractivity contribution in [1.82, 2.24) is 5.32 Å². The third kappa shape index (κ3) is 5.00. The van der Waals surface area contributed by atoms with Crippen LogP contribution in [0, 0.1) is 0 Å². The Hall–Kier alpha value is -0.520. The summed E-state index contributed by atoms with van der Waals surface area (Å²) >= 11 is 3.66. The average Bonchev–Trinajstić information content (AvgIpc) is 2.81. The Balaban J connectivity index is 2.21. The minimum atomic E-state index is -0.553. The third-order valence-electron chi connectivity index (χ3n) is 2.92. The van der Waals surface area contributed by atoms with E-state index in [9.17, 15) is 4.79 Å². The Morgan fingerprint density at radius 2 is 2.33 bits per heavy atom. The molecule has 0 aliphatic carbocycles. The van der Waals surface area contributed by atoms with Crippen molar-refractivity contribution >= 4 is 29.0 Å². The van der Waals surface area contributed by atoms with Crippen molar-refractivity contribution in [3.63, 3.8) is 0 Å². The summed E-state index contributed by atoms with van der Waals surface area (Å²) in [6.45, 7) is 4.66. The normalized spacial score (nSPS) is 14.3. The van der Waals surface area contributed by atoms with Crippen molar-refractivity contribution in [2.24, 2.45) is 5.73 Å². The highest BCUT2D eigenvalue weighted by atomic mass is 32.2. The van der Waals surface area contributed by atoms with Crippen LogP contribution in [0.3, 0.4) is 0 Å². The van der Waals surface area contributed by atoms with Crippen molar-refractivity contribution < 1.29 is 4.79 Å². The molecule has 102 valence electrons. The van der Waals surface area contributed by atoms with Gasteiger partial charge in [-0.2, -0.15) is 0 Å². The molecular formula is C13H22N2OS2. The van der Waals surface area contributed by atoms with Crippen LogP contribution in [-0.4, -0.2) is 23.7 Å². The number of hydrogen-bond donors (Lipinski definition) is 2. The number of likely N-dealkylation sites (N-methyl/N-ethyl adjacent to an activating group) is 1. The molecule has 1 heterocycles. The predicted molar refractivity (Wildman–Crippen MR) is 80.2 cm³/mol. The van der Waals surface area contributed by atoms with Gasteiger partial charge in [0.05, 0.1) is 9.75 Å². The number of hydrogen-bond acceptors (Lipinski definition) is 4. The maximum Gasteiger partial charge on any atom is 0.237 e. The van der Waals surface area contributed by atoms with Crippen LogP contribution >= 0.6 is 23.1 Å². The highest BCUT2D eigenvalue weighted by Crippen LogP contribution is 2.25. The Labute approximate surface area is 118 Å². The van der Waals surface area contributed by atoms with Gasteiger partial charge in [-0.25, -0.2) is 0 Å². The van der Waals surface area contributed by atoms with Gasteiger partial charge in [0.15, 0.2) is 0 Å². The molecule has 1 unspecified atom stereocenters. The molecule has 0 spiro atoms. The van der Waals surface area contributed by atoms with Gasteiger partial charge in [0.1, 0.15) is 0 Å². The van der Waals surface area contributed by atoms with E-state index in [0.717, 1.165) is 31.6 Å². The van der Waals surface area contributed by atoms with Crippen LogP contribution in [0.4, 0.5) is 0 Å². The maximum atomic E-state index is 11.4. The van der Waals surface area contributed by atoms with E-state index in [0.29, 0.717) is 0 Å². The summed E-state index contributed by atoms with van der Waals surface area (Å²) in [5.41, 5.74) is 4.89. The zero-order valence-electron chi connectivity index (χ0n) is 11.1. The summed E-state index contributed by atoms with van der Waals surface area (Å²) in [5, 5.41) is 5.28. The van der Waals surface area contributed by atoms with Gasteiger partial charge >= 0.3 is 0 Å². The van der Waals surface area contributed by atoms with Gasteiger partial charge in [0, 0.05) is 0 Å². The van der Waals surface area contributed by atoms with E-state index < -0.39 is 5.54 Å². The fourth-order valence-electron chi connectivity index (χ4n) is 1.79. The largest absolute Gasteiger partial charge is 0.368 e. The molecule has 1 rings (SSSR count). The van der Waals surface area contributed by atoms with Crippen molar-refractivity contribution in [1.29, 1.82) is 0 Å². The number of carbonyl (C=O) groups is 1. The highest BCUT2D eigenvalue weighted by Gasteiger charge is 2.28. The first kappa shape index (κ1) is 15.5. The molecule has 0 aromatic carbocycles. The minimum Gasteiger partial charge on any atom is -0.368 e. The van der Waals surface area contributed by atoms with Crippen LogP contribution in [0.5, 0.6) is 0 Å². The van der Waals surface area contributed by atoms with E-state index in [1.54, 1.807) is 11.3 Å². The second kappa shape index (κ2) is 7.81. The first-order valence-corrected chi connectivity index (χ1v) is 8.16. The molecule has 1 atom stereocenters. The fraction of sp³-hybridized carbons (Fsp3) is 0.615. The van der Waals surface area contributed by atoms with Crippen molar-refractivity contribution in [2.75, 3.05) is 12.3 Å². The summed E-state index contributed by atoms with van der Waals surface area (Å²) in [6.07, 6.45) is 2.93. The zero-order valence-corrected chi connectivity index (χ0v) is 12.7. The van der Waals surface area contributed by atoms with Gasteiger partial charge in [-0.1, -0.05) is 19.4 Å². The van der Waals surface area contributed by atoms with Crippen LogP contribution in [0.15, 0.2) is 21.7 Å². The second-order valence-electron chi connectivity index (χ2n) is 4.46. The monoisotopic (exact) mass is 286 g/mol. The first-order valence-electron chi connectivity index (χ1n) is 6.29. The lowest BCUT2D eigenvalue weighted by atomic mass is 9.94. The number of carbonyl (C=O) groups excluding carboxylic acids is 1. The average molecular weight is 286 g/mol. The van der Waals surface area contributed by atoms with Crippen LogP contribution in [0.2, 0.25) is 0 Å². The summed E-state index contributed by atoms with van der Waals surface area (Å²) < 4.78 is 1.36. The molecule has 1 aromatic heterocycles. The van der Waals surface area contributed by atoms with Gasteiger partial charge < -0.3 is 11.1 Å². The standard InChI is InChI=1S/C13H22N2OS2/c1-3-15-13(2,12(14)16)8-4-5-9-17-11-7-6-10-18-11/h6-7,10,15H,3-5,8-9H2,1-2H3,(H2,14,16). The molecule has 0 fully saturated rings. The van der Waals surface area contributed by atoms with Crippen LogP contribution < -0.4 is 11.1 Å². The fourth-order valence-corrected chi connectivity index (χ4v) is 3.65. The molecule has 3 N–H and O–H groups in total. The lowest BCUT2D eigenvalue weighted by molar-refractivity contribution is -0.124. The molecule has 0 radical (unpaired) electrons. The molecule has 0 aliphatic rings. The van der Waals surface area contributed by atoms with E-state index in [1.807, 2.05) is 25.6 Å². The quantitative estimate of drug-likeness (QED) is 0.542. The Kier molecular flexibility index (Phi) is 6.75. The number of unbranched alkanes of at least 4 members (excludes halogenated alkanes) is 1. The molecule has 5 heteroatoms. The smallest absolute Gasteiger partial charge is 0.237 e. The summed E-state index contributed by atoms with van der Waals surface area (Å²) in [5.74, 6) is 0.844. The van der Waals surface area contributed by atoms with E-state index in [1.165, 1.54) is 4.21 Å². The number of thiophene rings is 1. The molecule has 0 saturated carbocycles. The van der Waals surface area contributed by atoms with Crippen LogP contribution in [-0.2, 0) is 4.79 Å². The van der Waals surface area contributed by atoms with E-state index in [4.69, 9.17) is 5.73 Å². The van der Waals surface area contributed by atoms with Crippen molar-refractivity contribution in [3.8, 4) is 0 Å². The number of primary amides is 1. The summed E-state index contributed by atoms with van der Waals surface area (Å²) in [7, 11) is 0. The van der Waals surface area contributed by atoms with Crippen molar-refractivity contribution in [2.45, 2.75) is 42.9 Å². The topological polar surface area (TPSA) is 55.1 Å². The molecule has 1 amide bonds. The molecule has 18 heavy (non-hydrogen) atoms. The van der Waals surface area contributed by atoms with Crippen molar-refractivity contribution in [3.05, 3.63) is 17.5 Å². The van der Waals surface area contributed by atoms with E-state index >= 15 is 0 Å². The molecule has 3 nitrogen and oxygen atoms in total. The SMILES string of the molecule is CCNC(C)(CCCCSc1cccs1)C(N)=O. The lowest BCUT2D eigenvalue weighted by Gasteiger charge is -2.26. The van der Waals surface area contributed by atoms with E-state index in [-0.39, 0.29) is 5.91 Å². The van der Waals surface area contributed by atoms with E-state index in [2.05, 4.69) is 22.8 Å². The zero-order chi connectivity index (χ0) is 13.4.